The van der Waals surface area contributed by atoms with Crippen molar-refractivity contribution in [3.8, 4) is 17.5 Å². The van der Waals surface area contributed by atoms with Crippen LogP contribution in [0.25, 0.3) is 11.2 Å². The molecule has 4 rings (SSSR count). The van der Waals surface area contributed by atoms with Crippen molar-refractivity contribution >= 4 is 11.2 Å². The fourth-order valence-corrected chi connectivity index (χ4v) is 3.54. The summed E-state index contributed by atoms with van der Waals surface area (Å²) in [5.41, 5.74) is -1.54. The normalized spacial score (nSPS) is 11.7. The quantitative estimate of drug-likeness (QED) is 0.363. The van der Waals surface area contributed by atoms with Crippen molar-refractivity contribution in [2.75, 3.05) is 6.61 Å². The Balaban J connectivity index is 1.89. The highest BCUT2D eigenvalue weighted by atomic mass is 19.4. The van der Waals surface area contributed by atoms with Crippen LogP contribution in [0.4, 0.5) is 17.6 Å². The summed E-state index contributed by atoms with van der Waals surface area (Å²) in [5, 5.41) is 9.14. The number of nitrogens with zero attached hydrogens (tertiary/aromatic N) is 5. The first-order valence-electron chi connectivity index (χ1n) is 10.5. The smallest absolute Gasteiger partial charge is 0.425 e. The van der Waals surface area contributed by atoms with E-state index < -0.39 is 29.2 Å². The molecule has 0 saturated heterocycles. The van der Waals surface area contributed by atoms with Crippen LogP contribution in [-0.2, 0) is 20.1 Å². The van der Waals surface area contributed by atoms with Crippen LogP contribution in [0.5, 0.6) is 17.5 Å². The van der Waals surface area contributed by atoms with Crippen LogP contribution in [0, 0.1) is 5.82 Å². The van der Waals surface area contributed by atoms with Crippen LogP contribution in [0.1, 0.15) is 12.0 Å². The lowest BCUT2D eigenvalue weighted by molar-refractivity contribution is -0.274. The van der Waals surface area contributed by atoms with E-state index in [1.165, 1.54) is 36.0 Å². The molecule has 1 N–H and O–H groups in total. The van der Waals surface area contributed by atoms with Gasteiger partial charge in [-0.25, -0.2) is 9.18 Å². The number of aryl methyl sites for hydroxylation is 1. The van der Waals surface area contributed by atoms with Gasteiger partial charge in [-0.15, -0.1) is 13.2 Å². The predicted octanol–water partition coefficient (Wildman–Crippen LogP) is 2.55. The van der Waals surface area contributed by atoms with Crippen LogP contribution >= 0.6 is 0 Å². The van der Waals surface area contributed by atoms with Gasteiger partial charge in [0.25, 0.3) is 5.56 Å². The Bertz CT molecular complexity index is 1530. The Labute approximate surface area is 199 Å². The number of aliphatic hydroxyl groups is 1. The number of hydrogen-bond donors (Lipinski definition) is 1. The van der Waals surface area contributed by atoms with Crippen molar-refractivity contribution in [3.63, 3.8) is 0 Å². The number of ether oxygens (including phenoxy) is 2. The van der Waals surface area contributed by atoms with E-state index in [1.807, 2.05) is 0 Å². The molecule has 0 aliphatic carbocycles. The molecule has 3 aromatic heterocycles. The third kappa shape index (κ3) is 5.07. The molecule has 14 heteroatoms. The molecule has 0 amide bonds. The van der Waals surface area contributed by atoms with Crippen molar-refractivity contribution in [1.29, 1.82) is 0 Å². The average Bonchev–Trinajstić information content (AvgIpc) is 3.16. The molecule has 0 saturated carbocycles. The second-order valence-electron chi connectivity index (χ2n) is 7.62. The number of halogens is 4. The first-order valence-corrected chi connectivity index (χ1v) is 10.5. The van der Waals surface area contributed by atoms with Gasteiger partial charge in [0.1, 0.15) is 17.3 Å². The second-order valence-corrected chi connectivity index (χ2v) is 7.62. The molecule has 0 aliphatic heterocycles. The average molecular weight is 509 g/mol. The minimum Gasteiger partial charge on any atom is -0.425 e. The largest absolute Gasteiger partial charge is 0.573 e. The number of fused-ring (bicyclic) bond motifs is 1. The maximum Gasteiger partial charge on any atom is 0.573 e. The van der Waals surface area contributed by atoms with Crippen LogP contribution in [0.15, 0.2) is 52.3 Å². The lowest BCUT2D eigenvalue weighted by atomic mass is 10.2. The first-order chi connectivity index (χ1) is 17.1. The molecule has 0 bridgehead atoms. The first kappa shape index (κ1) is 24.9. The summed E-state index contributed by atoms with van der Waals surface area (Å²) in [4.78, 5) is 33.9. The number of alkyl halides is 3. The van der Waals surface area contributed by atoms with Crippen molar-refractivity contribution in [1.82, 2.24) is 23.7 Å². The van der Waals surface area contributed by atoms with Crippen LogP contribution in [0.3, 0.4) is 0 Å². The van der Waals surface area contributed by atoms with E-state index in [4.69, 9.17) is 9.84 Å². The molecule has 190 valence electrons. The minimum absolute atomic E-state index is 0.0836. The van der Waals surface area contributed by atoms with Gasteiger partial charge in [-0.05, 0) is 24.6 Å². The van der Waals surface area contributed by atoms with Crippen LogP contribution in [-0.4, -0.2) is 41.7 Å². The van der Waals surface area contributed by atoms with E-state index in [-0.39, 0.29) is 54.6 Å². The van der Waals surface area contributed by atoms with Gasteiger partial charge >= 0.3 is 18.1 Å². The molecule has 0 unspecified atom stereocenters. The monoisotopic (exact) mass is 509 g/mol. The lowest BCUT2D eigenvalue weighted by Gasteiger charge is -2.12. The van der Waals surface area contributed by atoms with E-state index in [2.05, 4.69) is 14.7 Å². The molecule has 0 fully saturated rings. The van der Waals surface area contributed by atoms with E-state index >= 15 is 0 Å². The number of aliphatic hydroxyl groups excluding tert-OH is 1. The molecule has 3 heterocycles. The molecule has 0 spiro atoms. The third-order valence-electron chi connectivity index (χ3n) is 5.17. The van der Waals surface area contributed by atoms with Gasteiger partial charge in [0.15, 0.2) is 11.2 Å². The molecule has 4 aromatic rings. The Kier molecular flexibility index (Phi) is 6.79. The van der Waals surface area contributed by atoms with Gasteiger partial charge < -0.3 is 14.6 Å². The van der Waals surface area contributed by atoms with Gasteiger partial charge in [-0.1, -0.05) is 6.07 Å². The van der Waals surface area contributed by atoms with E-state index in [9.17, 15) is 27.2 Å². The number of aromatic nitrogens is 5. The van der Waals surface area contributed by atoms with Crippen molar-refractivity contribution < 1.29 is 32.1 Å². The maximum absolute atomic E-state index is 14.4. The molecule has 10 nitrogen and oxygen atoms in total. The van der Waals surface area contributed by atoms with Gasteiger partial charge in [0.2, 0.25) is 0 Å². The van der Waals surface area contributed by atoms with Crippen molar-refractivity contribution in [2.45, 2.75) is 25.9 Å². The summed E-state index contributed by atoms with van der Waals surface area (Å²) in [6.45, 7) is -0.619. The zero-order chi connectivity index (χ0) is 26.0. The van der Waals surface area contributed by atoms with Crippen LogP contribution in [0.2, 0.25) is 0 Å². The summed E-state index contributed by atoms with van der Waals surface area (Å²) >= 11 is 0. The molecule has 36 heavy (non-hydrogen) atoms. The molecule has 0 atom stereocenters. The number of hydrogen-bond acceptors (Lipinski definition) is 7. The summed E-state index contributed by atoms with van der Waals surface area (Å²) in [7, 11) is 1.37. The number of benzene rings is 1. The summed E-state index contributed by atoms with van der Waals surface area (Å²) < 4.78 is 65.1. The van der Waals surface area contributed by atoms with Crippen LogP contribution < -0.4 is 20.7 Å². The maximum atomic E-state index is 14.4. The summed E-state index contributed by atoms with van der Waals surface area (Å²) in [6.07, 6.45) is -2.49. The second kappa shape index (κ2) is 9.81. The van der Waals surface area contributed by atoms with Gasteiger partial charge in [0, 0.05) is 38.0 Å². The fraction of sp³-hybridized carbons (Fsp3) is 0.273. The molecule has 0 aliphatic rings. The van der Waals surface area contributed by atoms with Crippen molar-refractivity contribution in [2.24, 2.45) is 7.05 Å². The van der Waals surface area contributed by atoms with Gasteiger partial charge in [-0.3, -0.25) is 23.5 Å². The lowest BCUT2D eigenvalue weighted by Crippen LogP contribution is -2.40. The Morgan fingerprint density at radius 2 is 1.86 bits per heavy atom. The highest BCUT2D eigenvalue weighted by molar-refractivity contribution is 5.72. The highest BCUT2D eigenvalue weighted by Crippen LogP contribution is 2.30. The molecule has 0 radical (unpaired) electrons. The Hall–Kier alpha value is -4.20. The predicted molar refractivity (Wildman–Crippen MR) is 117 cm³/mol. The topological polar surface area (TPSA) is 113 Å². The number of pyridine rings is 1. The standard InChI is InChI=1S/C22H19F4N5O5/c1-29-18-17(19(33)30(21(29)34)8-3-9-32)31(12-13-6-7-27-11-16(13)23)20(28-18)35-14-4-2-5-15(10-14)36-22(24,25)26/h2,4-7,10-11,32H,3,8-9,12H2,1H3. The highest BCUT2D eigenvalue weighted by Gasteiger charge is 2.31. The third-order valence-corrected chi connectivity index (χ3v) is 5.17. The SMILES string of the molecule is Cn1c(=O)n(CCCO)c(=O)c2c1nc(Oc1cccc(OC(F)(F)F)c1)n2Cc1ccncc1F. The zero-order valence-corrected chi connectivity index (χ0v) is 18.7. The summed E-state index contributed by atoms with van der Waals surface area (Å²) in [6, 6.07) is 5.70. The van der Waals surface area contributed by atoms with E-state index in [0.29, 0.717) is 0 Å². The number of imidazole rings is 1. The number of rotatable bonds is 8. The van der Waals surface area contributed by atoms with Crippen molar-refractivity contribution in [3.05, 3.63) is 74.9 Å². The minimum atomic E-state index is -4.93. The Morgan fingerprint density at radius 3 is 2.56 bits per heavy atom. The molecule has 1 aromatic carbocycles. The fourth-order valence-electron chi connectivity index (χ4n) is 3.54. The summed E-state index contributed by atoms with van der Waals surface area (Å²) in [5.74, 6) is -1.35. The molecular weight excluding hydrogens is 490 g/mol. The zero-order valence-electron chi connectivity index (χ0n) is 18.7. The van der Waals surface area contributed by atoms with Gasteiger partial charge in [-0.2, -0.15) is 4.98 Å². The van der Waals surface area contributed by atoms with E-state index in [0.717, 1.165) is 27.5 Å². The van der Waals surface area contributed by atoms with Gasteiger partial charge in [0.05, 0.1) is 12.7 Å². The Morgan fingerprint density at radius 1 is 1.11 bits per heavy atom. The van der Waals surface area contributed by atoms with E-state index in [1.54, 1.807) is 0 Å². The molecular formula is C22H19F4N5O5.